The first-order valence-corrected chi connectivity index (χ1v) is 12.9. The summed E-state index contributed by atoms with van der Waals surface area (Å²) in [5.41, 5.74) is 1.26. The van der Waals surface area contributed by atoms with Crippen molar-refractivity contribution in [3.63, 3.8) is 0 Å². The smallest absolute Gasteiger partial charge is 0.309 e. The molecule has 0 saturated carbocycles. The third-order valence-corrected chi connectivity index (χ3v) is 6.24. The van der Waals surface area contributed by atoms with Gasteiger partial charge in [0, 0.05) is 24.6 Å². The summed E-state index contributed by atoms with van der Waals surface area (Å²) in [5, 5.41) is 16.2. The molecule has 0 aromatic heterocycles. The van der Waals surface area contributed by atoms with Crippen molar-refractivity contribution in [2.75, 3.05) is 17.2 Å². The SMILES string of the molecule is CCCCCOc1ccc(CNc2cc(OC(CC)CC(C)(C)C(=O)O)ccc2NC(C)=O)c(Cl)c1. The highest BCUT2D eigenvalue weighted by molar-refractivity contribution is 6.31. The zero-order chi connectivity index (χ0) is 26.7. The summed E-state index contributed by atoms with van der Waals surface area (Å²) in [6, 6.07) is 11.0. The zero-order valence-corrected chi connectivity index (χ0v) is 22.7. The molecule has 1 amide bonds. The fourth-order valence-electron chi connectivity index (χ4n) is 3.65. The monoisotopic (exact) mass is 518 g/mol. The van der Waals surface area contributed by atoms with E-state index in [1.165, 1.54) is 6.92 Å². The van der Waals surface area contributed by atoms with Crippen molar-refractivity contribution >= 4 is 34.9 Å². The number of aliphatic carboxylic acids is 1. The fourth-order valence-corrected chi connectivity index (χ4v) is 3.89. The second-order valence-corrected chi connectivity index (χ2v) is 10.00. The number of amides is 1. The summed E-state index contributed by atoms with van der Waals surface area (Å²) in [6.07, 6.45) is 4.04. The summed E-state index contributed by atoms with van der Waals surface area (Å²) in [4.78, 5) is 23.3. The molecule has 0 radical (unpaired) electrons. The van der Waals surface area contributed by atoms with Crippen LogP contribution < -0.4 is 20.1 Å². The molecular formula is C28H39ClN2O5. The van der Waals surface area contributed by atoms with Crippen LogP contribution in [0.5, 0.6) is 11.5 Å². The van der Waals surface area contributed by atoms with Gasteiger partial charge in [-0.1, -0.05) is 44.4 Å². The average Bonchev–Trinajstić information content (AvgIpc) is 2.81. The Labute approximate surface area is 219 Å². The van der Waals surface area contributed by atoms with E-state index in [2.05, 4.69) is 17.6 Å². The fraction of sp³-hybridized carbons (Fsp3) is 0.500. The lowest BCUT2D eigenvalue weighted by Crippen LogP contribution is -2.31. The van der Waals surface area contributed by atoms with Crippen LogP contribution in [0.4, 0.5) is 11.4 Å². The molecule has 0 heterocycles. The van der Waals surface area contributed by atoms with Gasteiger partial charge in [-0.05, 0) is 62.9 Å². The lowest BCUT2D eigenvalue weighted by atomic mass is 9.86. The largest absolute Gasteiger partial charge is 0.494 e. The number of nitrogens with one attached hydrogen (secondary N) is 2. The maximum absolute atomic E-state index is 11.7. The maximum atomic E-state index is 11.7. The number of anilines is 2. The first kappa shape index (κ1) is 29.3. The van der Waals surface area contributed by atoms with Crippen LogP contribution >= 0.6 is 11.6 Å². The zero-order valence-electron chi connectivity index (χ0n) is 21.9. The van der Waals surface area contributed by atoms with E-state index in [-0.39, 0.29) is 12.0 Å². The Morgan fingerprint density at radius 2 is 1.78 bits per heavy atom. The van der Waals surface area contributed by atoms with Crippen LogP contribution in [0.25, 0.3) is 0 Å². The number of benzene rings is 2. The summed E-state index contributed by atoms with van der Waals surface area (Å²) < 4.78 is 11.9. The number of unbranched alkanes of at least 4 members (excludes halogenated alkanes) is 2. The third kappa shape index (κ3) is 9.26. The van der Waals surface area contributed by atoms with Crippen molar-refractivity contribution in [1.29, 1.82) is 0 Å². The average molecular weight is 519 g/mol. The first-order valence-electron chi connectivity index (χ1n) is 12.5. The number of carboxylic acids is 1. The Balaban J connectivity index is 2.15. The van der Waals surface area contributed by atoms with E-state index in [4.69, 9.17) is 21.1 Å². The van der Waals surface area contributed by atoms with E-state index in [0.29, 0.717) is 48.1 Å². The molecule has 2 aromatic rings. The molecule has 7 nitrogen and oxygen atoms in total. The topological polar surface area (TPSA) is 96.9 Å². The van der Waals surface area contributed by atoms with Crippen molar-refractivity contribution in [3.05, 3.63) is 47.0 Å². The number of carboxylic acid groups (broad SMARTS) is 1. The molecule has 1 unspecified atom stereocenters. The molecule has 0 spiro atoms. The van der Waals surface area contributed by atoms with E-state index >= 15 is 0 Å². The highest BCUT2D eigenvalue weighted by Crippen LogP contribution is 2.32. The Morgan fingerprint density at radius 3 is 2.39 bits per heavy atom. The molecule has 198 valence electrons. The van der Waals surface area contributed by atoms with Crippen molar-refractivity contribution in [2.45, 2.75) is 79.4 Å². The predicted octanol–water partition coefficient (Wildman–Crippen LogP) is 7.14. The second-order valence-electron chi connectivity index (χ2n) is 9.59. The van der Waals surface area contributed by atoms with Crippen molar-refractivity contribution < 1.29 is 24.2 Å². The number of rotatable bonds is 15. The van der Waals surface area contributed by atoms with Gasteiger partial charge in [-0.3, -0.25) is 9.59 Å². The van der Waals surface area contributed by atoms with E-state index < -0.39 is 11.4 Å². The second kappa shape index (κ2) is 14.0. The molecule has 0 fully saturated rings. The molecule has 0 aliphatic rings. The lowest BCUT2D eigenvalue weighted by Gasteiger charge is -2.26. The standard InChI is InChI=1S/C28H39ClN2O5/c1-6-8-9-14-35-22-11-10-20(24(29)15-22)18-30-26-16-23(12-13-25(26)31-19(3)32)36-21(7-2)17-28(4,5)27(33)34/h10-13,15-16,21,30H,6-9,14,17-18H2,1-5H3,(H,31,32)(H,33,34). The van der Waals surface area contributed by atoms with Gasteiger partial charge in [0.1, 0.15) is 11.5 Å². The van der Waals surface area contributed by atoms with Crippen molar-refractivity contribution in [2.24, 2.45) is 5.41 Å². The number of halogens is 1. The number of ether oxygens (including phenoxy) is 2. The van der Waals surface area contributed by atoms with Crippen LogP contribution in [-0.4, -0.2) is 29.7 Å². The van der Waals surface area contributed by atoms with Gasteiger partial charge in [0.15, 0.2) is 0 Å². The summed E-state index contributed by atoms with van der Waals surface area (Å²) in [6.45, 7) is 10.0. The van der Waals surface area contributed by atoms with Gasteiger partial charge in [-0.2, -0.15) is 0 Å². The quantitative estimate of drug-likeness (QED) is 0.217. The number of hydrogen-bond acceptors (Lipinski definition) is 5. The van der Waals surface area contributed by atoms with Gasteiger partial charge in [-0.25, -0.2) is 0 Å². The Morgan fingerprint density at radius 1 is 1.06 bits per heavy atom. The molecule has 2 rings (SSSR count). The van der Waals surface area contributed by atoms with E-state index in [9.17, 15) is 14.7 Å². The molecule has 0 bridgehead atoms. The number of carbonyl (C=O) groups excluding carboxylic acids is 1. The van der Waals surface area contributed by atoms with Crippen LogP contribution in [0.15, 0.2) is 36.4 Å². The Hall–Kier alpha value is -2.93. The Kier molecular flexibility index (Phi) is 11.4. The van der Waals surface area contributed by atoms with Gasteiger partial charge in [-0.15, -0.1) is 0 Å². The minimum Gasteiger partial charge on any atom is -0.494 e. The van der Waals surface area contributed by atoms with Gasteiger partial charge in [0.2, 0.25) is 5.91 Å². The van der Waals surface area contributed by atoms with Gasteiger partial charge in [0.25, 0.3) is 0 Å². The highest BCUT2D eigenvalue weighted by atomic mass is 35.5. The van der Waals surface area contributed by atoms with Gasteiger partial charge in [0.05, 0.1) is 29.5 Å². The first-order chi connectivity index (χ1) is 17.1. The number of carbonyl (C=O) groups is 2. The van der Waals surface area contributed by atoms with Crippen LogP contribution in [0.2, 0.25) is 5.02 Å². The van der Waals surface area contributed by atoms with Crippen molar-refractivity contribution in [1.82, 2.24) is 0 Å². The number of hydrogen-bond donors (Lipinski definition) is 3. The molecule has 3 N–H and O–H groups in total. The normalized spacial score (nSPS) is 12.1. The van der Waals surface area contributed by atoms with E-state index in [0.717, 1.165) is 30.6 Å². The van der Waals surface area contributed by atoms with Crippen LogP contribution in [0.3, 0.4) is 0 Å². The van der Waals surface area contributed by atoms with Crippen molar-refractivity contribution in [3.8, 4) is 11.5 Å². The van der Waals surface area contributed by atoms with Crippen LogP contribution in [0, 0.1) is 5.41 Å². The molecule has 0 saturated heterocycles. The molecule has 1 atom stereocenters. The minimum absolute atomic E-state index is 0.191. The molecule has 8 heteroatoms. The van der Waals surface area contributed by atoms with E-state index in [1.54, 1.807) is 32.0 Å². The Bertz CT molecular complexity index is 1020. The molecule has 2 aromatic carbocycles. The highest BCUT2D eigenvalue weighted by Gasteiger charge is 2.31. The summed E-state index contributed by atoms with van der Waals surface area (Å²) in [5.74, 6) is 0.275. The summed E-state index contributed by atoms with van der Waals surface area (Å²) >= 11 is 6.50. The lowest BCUT2D eigenvalue weighted by molar-refractivity contribution is -0.148. The molecular weight excluding hydrogens is 480 g/mol. The molecule has 0 aliphatic carbocycles. The van der Waals surface area contributed by atoms with E-state index in [1.807, 2.05) is 25.1 Å². The maximum Gasteiger partial charge on any atom is 0.309 e. The predicted molar refractivity (Wildman–Crippen MR) is 145 cm³/mol. The third-order valence-electron chi connectivity index (χ3n) is 5.89. The molecule has 0 aliphatic heterocycles. The minimum atomic E-state index is -0.902. The van der Waals surface area contributed by atoms with Gasteiger partial charge < -0.3 is 25.2 Å². The van der Waals surface area contributed by atoms with Gasteiger partial charge >= 0.3 is 5.97 Å². The summed E-state index contributed by atoms with van der Waals surface area (Å²) in [7, 11) is 0. The molecule has 36 heavy (non-hydrogen) atoms. The van der Waals surface area contributed by atoms with Crippen LogP contribution in [-0.2, 0) is 16.1 Å². The van der Waals surface area contributed by atoms with Crippen LogP contribution in [0.1, 0.15) is 72.3 Å².